The molecule has 0 spiro atoms. The van der Waals surface area contributed by atoms with E-state index >= 15 is 0 Å². The minimum absolute atomic E-state index is 0.0732. The number of nitrogens with one attached hydrogen (secondary N) is 1. The topological polar surface area (TPSA) is 83.7 Å². The summed E-state index contributed by atoms with van der Waals surface area (Å²) in [7, 11) is 0. The number of morpholine rings is 1. The Balaban J connectivity index is 1.52. The second-order valence-corrected chi connectivity index (χ2v) is 7.53. The standard InChI is InChI=1S/C20H19F3N4O3/c1-10-6-11(20(21,22)23)7-14(28)17(10)12-2-3-15-18(25-12)26-19(30-15)27-4-5-29-16-9-24-8-13(16)27/h2-3,6-7,13,16,24,28H,4-5,8-9H2,1H3/t13-,16-/m1/s1. The highest BCUT2D eigenvalue weighted by molar-refractivity contribution is 5.78. The predicted molar refractivity (Wildman–Crippen MR) is 102 cm³/mol. The number of aromatic nitrogens is 2. The first kappa shape index (κ1) is 19.1. The van der Waals surface area contributed by atoms with Gasteiger partial charge in [0.1, 0.15) is 5.75 Å². The number of alkyl halides is 3. The summed E-state index contributed by atoms with van der Waals surface area (Å²) in [6.45, 7) is 4.25. The number of anilines is 1. The number of rotatable bonds is 2. The number of pyridine rings is 1. The lowest BCUT2D eigenvalue weighted by molar-refractivity contribution is -0.137. The molecule has 3 aromatic rings. The normalized spacial score (nSPS) is 21.9. The van der Waals surface area contributed by atoms with Crippen LogP contribution in [0.15, 0.2) is 28.7 Å². The third kappa shape index (κ3) is 3.16. The minimum atomic E-state index is -4.54. The van der Waals surface area contributed by atoms with Gasteiger partial charge >= 0.3 is 6.18 Å². The maximum atomic E-state index is 13.0. The number of hydrogen-bond acceptors (Lipinski definition) is 7. The first-order valence-corrected chi connectivity index (χ1v) is 9.59. The van der Waals surface area contributed by atoms with Gasteiger partial charge in [-0.25, -0.2) is 4.98 Å². The van der Waals surface area contributed by atoms with E-state index in [0.717, 1.165) is 19.2 Å². The predicted octanol–water partition coefficient (Wildman–Crippen LogP) is 3.10. The van der Waals surface area contributed by atoms with E-state index in [1.807, 2.05) is 0 Å². The highest BCUT2D eigenvalue weighted by Crippen LogP contribution is 2.39. The van der Waals surface area contributed by atoms with E-state index in [0.29, 0.717) is 42.2 Å². The molecule has 7 nitrogen and oxygen atoms in total. The van der Waals surface area contributed by atoms with Crippen LogP contribution in [0.5, 0.6) is 5.75 Å². The minimum Gasteiger partial charge on any atom is -0.507 e. The SMILES string of the molecule is Cc1cc(C(F)(F)F)cc(O)c1-c1ccc2oc(N3CCO[C@@H]4CNC[C@H]43)nc2n1. The Labute approximate surface area is 169 Å². The van der Waals surface area contributed by atoms with Gasteiger partial charge in [0.25, 0.3) is 6.01 Å². The fourth-order valence-electron chi connectivity index (χ4n) is 4.16. The van der Waals surface area contributed by atoms with Gasteiger partial charge < -0.3 is 24.5 Å². The third-order valence-corrected chi connectivity index (χ3v) is 5.58. The van der Waals surface area contributed by atoms with Crippen LogP contribution in [-0.4, -0.2) is 53.5 Å². The largest absolute Gasteiger partial charge is 0.507 e. The molecule has 158 valence electrons. The Morgan fingerprint density at radius 3 is 2.80 bits per heavy atom. The van der Waals surface area contributed by atoms with Gasteiger partial charge in [0.2, 0.25) is 5.65 Å². The number of oxazole rings is 1. The van der Waals surface area contributed by atoms with E-state index in [2.05, 4.69) is 20.2 Å². The molecule has 0 aliphatic carbocycles. The summed E-state index contributed by atoms with van der Waals surface area (Å²) in [5, 5.41) is 13.6. The van der Waals surface area contributed by atoms with Crippen molar-refractivity contribution in [1.29, 1.82) is 0 Å². The Kier molecular flexibility index (Phi) is 4.37. The van der Waals surface area contributed by atoms with Crippen LogP contribution in [-0.2, 0) is 10.9 Å². The lowest BCUT2D eigenvalue weighted by Crippen LogP contribution is -2.51. The first-order valence-electron chi connectivity index (χ1n) is 9.59. The summed E-state index contributed by atoms with van der Waals surface area (Å²) >= 11 is 0. The van der Waals surface area contributed by atoms with Gasteiger partial charge in [-0.05, 0) is 36.8 Å². The molecule has 0 radical (unpaired) electrons. The zero-order valence-electron chi connectivity index (χ0n) is 16.0. The van der Waals surface area contributed by atoms with Gasteiger partial charge in [-0.2, -0.15) is 18.2 Å². The molecule has 0 unspecified atom stereocenters. The van der Waals surface area contributed by atoms with Crippen molar-refractivity contribution in [2.24, 2.45) is 0 Å². The van der Waals surface area contributed by atoms with E-state index in [1.54, 1.807) is 12.1 Å². The van der Waals surface area contributed by atoms with Gasteiger partial charge in [0.05, 0.1) is 30.0 Å². The molecule has 0 saturated carbocycles. The fraction of sp³-hybridized carbons (Fsp3) is 0.400. The number of halogens is 3. The summed E-state index contributed by atoms with van der Waals surface area (Å²) in [5.74, 6) is -0.481. The maximum Gasteiger partial charge on any atom is 0.416 e. The van der Waals surface area contributed by atoms with Crippen molar-refractivity contribution >= 4 is 17.2 Å². The summed E-state index contributed by atoms with van der Waals surface area (Å²) < 4.78 is 50.6. The molecule has 0 amide bonds. The zero-order valence-corrected chi connectivity index (χ0v) is 16.0. The molecule has 2 aromatic heterocycles. The van der Waals surface area contributed by atoms with Crippen molar-refractivity contribution in [3.8, 4) is 17.0 Å². The highest BCUT2D eigenvalue weighted by atomic mass is 19.4. The van der Waals surface area contributed by atoms with Crippen LogP contribution < -0.4 is 10.2 Å². The number of aryl methyl sites for hydroxylation is 1. The van der Waals surface area contributed by atoms with Crippen LogP contribution in [0.4, 0.5) is 19.2 Å². The number of phenols is 1. The van der Waals surface area contributed by atoms with Crippen molar-refractivity contribution in [2.75, 3.05) is 31.1 Å². The average Bonchev–Trinajstić information content (AvgIpc) is 3.32. The van der Waals surface area contributed by atoms with Gasteiger partial charge in [-0.1, -0.05) is 0 Å². The molecule has 2 N–H and O–H groups in total. The molecule has 4 heterocycles. The fourth-order valence-corrected chi connectivity index (χ4v) is 4.16. The van der Waals surface area contributed by atoms with Crippen LogP contribution in [0.2, 0.25) is 0 Å². The number of benzene rings is 1. The smallest absolute Gasteiger partial charge is 0.416 e. The summed E-state index contributed by atoms with van der Waals surface area (Å²) in [6.07, 6.45) is -4.46. The van der Waals surface area contributed by atoms with Gasteiger partial charge in [0, 0.05) is 25.2 Å². The summed E-state index contributed by atoms with van der Waals surface area (Å²) in [4.78, 5) is 11.0. The van der Waals surface area contributed by atoms with E-state index in [4.69, 9.17) is 9.15 Å². The van der Waals surface area contributed by atoms with Crippen molar-refractivity contribution in [3.63, 3.8) is 0 Å². The molecule has 5 rings (SSSR count). The Morgan fingerprint density at radius 1 is 1.20 bits per heavy atom. The van der Waals surface area contributed by atoms with Crippen molar-refractivity contribution in [2.45, 2.75) is 25.2 Å². The Bertz CT molecular complexity index is 1090. The lowest BCUT2D eigenvalue weighted by atomic mass is 10.0. The molecule has 2 atom stereocenters. The van der Waals surface area contributed by atoms with Crippen LogP contribution >= 0.6 is 0 Å². The van der Waals surface area contributed by atoms with E-state index < -0.39 is 17.5 Å². The second kappa shape index (κ2) is 6.85. The quantitative estimate of drug-likeness (QED) is 0.659. The number of nitrogens with zero attached hydrogens (tertiary/aromatic N) is 3. The van der Waals surface area contributed by atoms with Gasteiger partial charge in [-0.3, -0.25) is 0 Å². The number of hydrogen-bond donors (Lipinski definition) is 2. The molecule has 1 aromatic carbocycles. The van der Waals surface area contributed by atoms with Crippen LogP contribution in [0, 0.1) is 6.92 Å². The molecule has 2 aliphatic rings. The third-order valence-electron chi connectivity index (χ3n) is 5.58. The molecule has 2 fully saturated rings. The van der Waals surface area contributed by atoms with Gasteiger partial charge in [-0.15, -0.1) is 0 Å². The monoisotopic (exact) mass is 420 g/mol. The molecule has 10 heteroatoms. The molecule has 0 bridgehead atoms. The maximum absolute atomic E-state index is 13.0. The summed E-state index contributed by atoms with van der Waals surface area (Å²) in [6, 6.07) is 5.53. The van der Waals surface area contributed by atoms with Gasteiger partial charge in [0.15, 0.2) is 5.58 Å². The Hall–Kier alpha value is -2.85. The number of ether oxygens (including phenoxy) is 1. The van der Waals surface area contributed by atoms with Crippen molar-refractivity contribution < 1.29 is 27.4 Å². The van der Waals surface area contributed by atoms with Crippen LogP contribution in [0.25, 0.3) is 22.5 Å². The number of fused-ring (bicyclic) bond motifs is 2. The number of aromatic hydroxyl groups is 1. The van der Waals surface area contributed by atoms with Crippen molar-refractivity contribution in [3.05, 3.63) is 35.4 Å². The second-order valence-electron chi connectivity index (χ2n) is 7.53. The van der Waals surface area contributed by atoms with Crippen molar-refractivity contribution in [1.82, 2.24) is 15.3 Å². The molecule has 2 aliphatic heterocycles. The summed E-state index contributed by atoms with van der Waals surface area (Å²) in [5.41, 5.74) is 0.723. The average molecular weight is 420 g/mol. The first-order chi connectivity index (χ1) is 14.3. The highest BCUT2D eigenvalue weighted by Gasteiger charge is 2.38. The zero-order chi connectivity index (χ0) is 21.0. The van der Waals surface area contributed by atoms with Crippen LogP contribution in [0.1, 0.15) is 11.1 Å². The molecule has 2 saturated heterocycles. The lowest BCUT2D eigenvalue weighted by Gasteiger charge is -2.35. The van der Waals surface area contributed by atoms with Crippen LogP contribution in [0.3, 0.4) is 0 Å². The molecule has 30 heavy (non-hydrogen) atoms. The Morgan fingerprint density at radius 2 is 2.03 bits per heavy atom. The molecular formula is C20H19F3N4O3. The van der Waals surface area contributed by atoms with E-state index in [1.165, 1.54) is 6.92 Å². The number of phenolic OH excluding ortho intramolecular Hbond substituents is 1. The molecular weight excluding hydrogens is 401 g/mol. The van der Waals surface area contributed by atoms with E-state index in [9.17, 15) is 18.3 Å². The van der Waals surface area contributed by atoms with E-state index in [-0.39, 0.29) is 23.3 Å².